The molecule has 7 heteroatoms. The summed E-state index contributed by atoms with van der Waals surface area (Å²) in [6, 6.07) is 12.6. The Morgan fingerprint density at radius 1 is 1.14 bits per heavy atom. The van der Waals surface area contributed by atoms with E-state index in [0.29, 0.717) is 36.0 Å². The summed E-state index contributed by atoms with van der Waals surface area (Å²) in [6.45, 7) is 2.59. The van der Waals surface area contributed by atoms with Gasteiger partial charge in [-0.2, -0.15) is 0 Å². The summed E-state index contributed by atoms with van der Waals surface area (Å²) in [5.41, 5.74) is 1.68. The summed E-state index contributed by atoms with van der Waals surface area (Å²) in [5, 5.41) is 2.62. The third-order valence-corrected chi connectivity index (χ3v) is 4.09. The maximum Gasteiger partial charge on any atom is 0.255 e. The number of anilines is 1. The van der Waals surface area contributed by atoms with Gasteiger partial charge < -0.3 is 14.8 Å². The molecule has 0 saturated carbocycles. The molecule has 0 atom stereocenters. The van der Waals surface area contributed by atoms with Gasteiger partial charge in [-0.05, 0) is 49.4 Å². The van der Waals surface area contributed by atoms with Gasteiger partial charge in [-0.25, -0.2) is 4.39 Å². The topological polar surface area (TPSA) is 60.5 Å². The molecule has 0 unspecified atom stereocenters. The van der Waals surface area contributed by atoms with E-state index in [2.05, 4.69) is 10.3 Å². The van der Waals surface area contributed by atoms with E-state index in [1.807, 2.05) is 19.1 Å². The van der Waals surface area contributed by atoms with Crippen molar-refractivity contribution in [1.29, 1.82) is 0 Å². The molecule has 0 bridgehead atoms. The molecule has 0 aliphatic heterocycles. The minimum atomic E-state index is -0.548. The number of halogens is 2. The third kappa shape index (κ3) is 4.98. The first-order valence-corrected chi connectivity index (χ1v) is 8.99. The molecule has 0 radical (unpaired) electrons. The number of carbonyl (C=O) groups excluding carboxylic acids is 1. The van der Waals surface area contributed by atoms with Gasteiger partial charge in [0.15, 0.2) is 11.5 Å². The Bertz CT molecular complexity index is 967. The number of hydrogen-bond acceptors (Lipinski definition) is 4. The van der Waals surface area contributed by atoms with Crippen LogP contribution in [-0.2, 0) is 6.61 Å². The molecule has 1 N–H and O–H groups in total. The predicted molar refractivity (Wildman–Crippen MR) is 106 cm³/mol. The van der Waals surface area contributed by atoms with Gasteiger partial charge in [-0.15, -0.1) is 0 Å². The van der Waals surface area contributed by atoms with Crippen LogP contribution in [0.4, 0.5) is 10.1 Å². The Hall–Kier alpha value is -3.12. The highest BCUT2D eigenvalue weighted by molar-refractivity contribution is 6.31. The number of aromatic nitrogens is 1. The Morgan fingerprint density at radius 2 is 2.00 bits per heavy atom. The van der Waals surface area contributed by atoms with Crippen molar-refractivity contribution in [1.82, 2.24) is 4.98 Å². The van der Waals surface area contributed by atoms with Crippen LogP contribution < -0.4 is 14.8 Å². The molecule has 1 amide bonds. The summed E-state index contributed by atoms with van der Waals surface area (Å²) < 4.78 is 24.7. The van der Waals surface area contributed by atoms with Crippen molar-refractivity contribution in [2.24, 2.45) is 0 Å². The zero-order valence-electron chi connectivity index (χ0n) is 15.1. The quantitative estimate of drug-likeness (QED) is 0.599. The molecule has 0 fully saturated rings. The monoisotopic (exact) mass is 400 g/mol. The second kappa shape index (κ2) is 9.19. The first-order valence-electron chi connectivity index (χ1n) is 8.61. The zero-order valence-corrected chi connectivity index (χ0v) is 15.9. The molecule has 3 aromatic rings. The fraction of sp³-hybridized carbons (Fsp3) is 0.143. The molecule has 0 aliphatic rings. The minimum Gasteiger partial charge on any atom is -0.490 e. The molecule has 3 rings (SSSR count). The summed E-state index contributed by atoms with van der Waals surface area (Å²) in [4.78, 5) is 16.6. The van der Waals surface area contributed by atoms with Crippen LogP contribution in [0.25, 0.3) is 0 Å². The van der Waals surface area contributed by atoms with E-state index in [0.717, 1.165) is 5.56 Å². The fourth-order valence-corrected chi connectivity index (χ4v) is 2.64. The van der Waals surface area contributed by atoms with Gasteiger partial charge in [0.25, 0.3) is 5.91 Å². The van der Waals surface area contributed by atoms with Crippen LogP contribution in [0, 0.1) is 5.82 Å². The normalized spacial score (nSPS) is 10.4. The van der Waals surface area contributed by atoms with Gasteiger partial charge in [-0.3, -0.25) is 9.78 Å². The Balaban J connectivity index is 1.75. The highest BCUT2D eigenvalue weighted by atomic mass is 35.5. The predicted octanol–water partition coefficient (Wildman–Crippen LogP) is 5.10. The third-order valence-electron chi connectivity index (χ3n) is 3.80. The number of ether oxygens (including phenoxy) is 2. The number of benzene rings is 2. The van der Waals surface area contributed by atoms with E-state index in [4.69, 9.17) is 21.1 Å². The maximum absolute atomic E-state index is 13.3. The first-order chi connectivity index (χ1) is 13.6. The molecule has 2 aromatic carbocycles. The number of pyridine rings is 1. The number of nitrogens with zero attached hydrogens (tertiary/aromatic N) is 1. The molecular weight excluding hydrogens is 383 g/mol. The first kappa shape index (κ1) is 19.6. The van der Waals surface area contributed by atoms with E-state index in [1.165, 1.54) is 18.2 Å². The highest BCUT2D eigenvalue weighted by Crippen LogP contribution is 2.30. The smallest absolute Gasteiger partial charge is 0.255 e. The Kier molecular flexibility index (Phi) is 6.45. The van der Waals surface area contributed by atoms with Gasteiger partial charge in [0.1, 0.15) is 12.4 Å². The lowest BCUT2D eigenvalue weighted by atomic mass is 10.1. The second-order valence-electron chi connectivity index (χ2n) is 5.83. The van der Waals surface area contributed by atoms with Gasteiger partial charge in [0.05, 0.1) is 11.6 Å². The molecule has 1 aromatic heterocycles. The zero-order chi connectivity index (χ0) is 19.9. The van der Waals surface area contributed by atoms with Crippen molar-refractivity contribution >= 4 is 23.2 Å². The molecule has 28 heavy (non-hydrogen) atoms. The van der Waals surface area contributed by atoms with E-state index in [9.17, 15) is 9.18 Å². The molecule has 1 heterocycles. The van der Waals surface area contributed by atoms with Crippen LogP contribution in [0.1, 0.15) is 22.8 Å². The minimum absolute atomic E-state index is 0.0630. The van der Waals surface area contributed by atoms with Crippen LogP contribution in [-0.4, -0.2) is 17.5 Å². The maximum atomic E-state index is 13.3. The number of nitrogens with one attached hydrogen (secondary N) is 1. The molecule has 144 valence electrons. The van der Waals surface area contributed by atoms with Crippen LogP contribution >= 0.6 is 11.6 Å². The molecule has 0 spiro atoms. The summed E-state index contributed by atoms with van der Waals surface area (Å²) >= 11 is 5.75. The largest absolute Gasteiger partial charge is 0.490 e. The SMILES string of the molecule is CCOc1cc(C(=O)Nc2ccc(F)c(Cl)c2)ccc1OCc1cccnc1. The standard InChI is InChI=1S/C21H18ClFN2O3/c1-2-27-20-10-15(21(26)25-16-6-7-18(23)17(22)11-16)5-8-19(20)28-13-14-4-3-9-24-12-14/h3-12H,2,13H2,1H3,(H,25,26). The van der Waals surface area contributed by atoms with Crippen molar-refractivity contribution in [2.45, 2.75) is 13.5 Å². The van der Waals surface area contributed by atoms with Crippen LogP contribution in [0.3, 0.4) is 0 Å². The van der Waals surface area contributed by atoms with Gasteiger partial charge in [-0.1, -0.05) is 17.7 Å². The fourth-order valence-electron chi connectivity index (χ4n) is 2.46. The van der Waals surface area contributed by atoms with Gasteiger partial charge in [0, 0.05) is 29.2 Å². The van der Waals surface area contributed by atoms with Gasteiger partial charge in [0.2, 0.25) is 0 Å². The molecule has 0 saturated heterocycles. The van der Waals surface area contributed by atoms with Crippen molar-refractivity contribution in [3.05, 3.63) is 82.9 Å². The van der Waals surface area contributed by atoms with E-state index in [-0.39, 0.29) is 10.9 Å². The second-order valence-corrected chi connectivity index (χ2v) is 6.23. The lowest BCUT2D eigenvalue weighted by molar-refractivity contribution is 0.102. The van der Waals surface area contributed by atoms with Crippen LogP contribution in [0.2, 0.25) is 5.02 Å². The number of amides is 1. The average molecular weight is 401 g/mol. The highest BCUT2D eigenvalue weighted by Gasteiger charge is 2.13. The van der Waals surface area contributed by atoms with E-state index < -0.39 is 5.82 Å². The Morgan fingerprint density at radius 3 is 2.71 bits per heavy atom. The van der Waals surface area contributed by atoms with Crippen molar-refractivity contribution < 1.29 is 18.7 Å². The molecule has 5 nitrogen and oxygen atoms in total. The number of carbonyl (C=O) groups is 1. The average Bonchev–Trinajstić information content (AvgIpc) is 2.71. The van der Waals surface area contributed by atoms with E-state index >= 15 is 0 Å². The van der Waals surface area contributed by atoms with Crippen LogP contribution in [0.15, 0.2) is 60.9 Å². The summed E-state index contributed by atoms with van der Waals surface area (Å²) in [6.07, 6.45) is 3.41. The van der Waals surface area contributed by atoms with Crippen molar-refractivity contribution in [2.75, 3.05) is 11.9 Å². The van der Waals surface area contributed by atoms with E-state index in [1.54, 1.807) is 30.6 Å². The number of rotatable bonds is 7. The molecule has 0 aliphatic carbocycles. The number of hydrogen-bond donors (Lipinski definition) is 1. The summed E-state index contributed by atoms with van der Waals surface area (Å²) in [7, 11) is 0. The lowest BCUT2D eigenvalue weighted by Crippen LogP contribution is -2.12. The van der Waals surface area contributed by atoms with Crippen molar-refractivity contribution in [3.63, 3.8) is 0 Å². The van der Waals surface area contributed by atoms with Gasteiger partial charge >= 0.3 is 0 Å². The Labute approximate surface area is 167 Å². The van der Waals surface area contributed by atoms with Crippen LogP contribution in [0.5, 0.6) is 11.5 Å². The summed E-state index contributed by atoms with van der Waals surface area (Å²) in [5.74, 6) is 0.0547. The van der Waals surface area contributed by atoms with Crippen molar-refractivity contribution in [3.8, 4) is 11.5 Å². The molecular formula is C21H18ClFN2O3. The lowest BCUT2D eigenvalue weighted by Gasteiger charge is -2.13.